The van der Waals surface area contributed by atoms with E-state index >= 15 is 0 Å². The van der Waals surface area contributed by atoms with Crippen LogP contribution in [0.15, 0.2) is 42.6 Å². The molecule has 0 saturated heterocycles. The fourth-order valence-corrected chi connectivity index (χ4v) is 3.54. The molecule has 6 nitrogen and oxygen atoms in total. The summed E-state index contributed by atoms with van der Waals surface area (Å²) < 4.78 is 0. The Morgan fingerprint density at radius 2 is 2.15 bits per heavy atom. The molecule has 1 aliphatic rings. The van der Waals surface area contributed by atoms with Gasteiger partial charge < -0.3 is 10.3 Å². The SMILES string of the molecule is CC1CC(=O)CCC1C(=O)Nc1ccc2nc(-c3ccccn3)[nH]c2c1. The molecule has 2 unspecified atom stereocenters. The van der Waals surface area contributed by atoms with Gasteiger partial charge in [-0.15, -0.1) is 0 Å². The quantitative estimate of drug-likeness (QED) is 0.757. The van der Waals surface area contributed by atoms with Gasteiger partial charge in [0.2, 0.25) is 5.91 Å². The third kappa shape index (κ3) is 3.22. The maximum absolute atomic E-state index is 12.6. The minimum atomic E-state index is -0.116. The van der Waals surface area contributed by atoms with E-state index in [1.165, 1.54) is 0 Å². The number of aromatic amines is 1. The summed E-state index contributed by atoms with van der Waals surface area (Å²) in [4.78, 5) is 36.2. The van der Waals surface area contributed by atoms with Gasteiger partial charge in [-0.25, -0.2) is 4.98 Å². The van der Waals surface area contributed by atoms with Crippen molar-refractivity contribution in [3.05, 3.63) is 42.6 Å². The Morgan fingerprint density at radius 3 is 2.92 bits per heavy atom. The second-order valence-corrected chi connectivity index (χ2v) is 6.89. The highest BCUT2D eigenvalue weighted by Crippen LogP contribution is 2.29. The fourth-order valence-electron chi connectivity index (χ4n) is 3.54. The molecular weight excluding hydrogens is 328 g/mol. The first-order valence-electron chi connectivity index (χ1n) is 8.84. The van der Waals surface area contributed by atoms with Crippen LogP contribution in [-0.4, -0.2) is 26.6 Å². The molecule has 0 radical (unpaired) electrons. The largest absolute Gasteiger partial charge is 0.337 e. The van der Waals surface area contributed by atoms with E-state index in [-0.39, 0.29) is 23.5 Å². The lowest BCUT2D eigenvalue weighted by molar-refractivity contribution is -0.127. The van der Waals surface area contributed by atoms with E-state index in [0.29, 0.717) is 25.1 Å². The van der Waals surface area contributed by atoms with Gasteiger partial charge in [0.1, 0.15) is 11.5 Å². The van der Waals surface area contributed by atoms with Crippen molar-refractivity contribution in [3.8, 4) is 11.5 Å². The first-order chi connectivity index (χ1) is 12.6. The second kappa shape index (κ2) is 6.71. The zero-order valence-electron chi connectivity index (χ0n) is 14.5. The first kappa shape index (κ1) is 16.4. The number of aromatic nitrogens is 3. The normalized spacial score (nSPS) is 20.3. The molecule has 1 aliphatic carbocycles. The number of Topliss-reactive ketones (excluding diaryl/α,β-unsaturated/α-hetero) is 1. The molecule has 0 aliphatic heterocycles. The predicted molar refractivity (Wildman–Crippen MR) is 99.5 cm³/mol. The number of hydrogen-bond acceptors (Lipinski definition) is 4. The molecule has 1 aromatic carbocycles. The molecule has 3 aromatic rings. The molecule has 2 atom stereocenters. The third-order valence-corrected chi connectivity index (χ3v) is 4.96. The number of nitrogens with one attached hydrogen (secondary N) is 2. The van der Waals surface area contributed by atoms with Crippen LogP contribution >= 0.6 is 0 Å². The molecule has 1 fully saturated rings. The van der Waals surface area contributed by atoms with Crippen molar-refractivity contribution < 1.29 is 9.59 Å². The molecule has 26 heavy (non-hydrogen) atoms. The smallest absolute Gasteiger partial charge is 0.227 e. The summed E-state index contributed by atoms with van der Waals surface area (Å²) in [7, 11) is 0. The number of rotatable bonds is 3. The van der Waals surface area contributed by atoms with Crippen molar-refractivity contribution in [2.45, 2.75) is 26.2 Å². The summed E-state index contributed by atoms with van der Waals surface area (Å²) >= 11 is 0. The van der Waals surface area contributed by atoms with E-state index in [1.807, 2.05) is 43.3 Å². The van der Waals surface area contributed by atoms with Crippen molar-refractivity contribution in [1.82, 2.24) is 15.0 Å². The Kier molecular flexibility index (Phi) is 4.24. The molecule has 1 amide bonds. The number of amides is 1. The molecule has 6 heteroatoms. The van der Waals surface area contributed by atoms with Gasteiger partial charge in [0.05, 0.1) is 11.0 Å². The zero-order valence-corrected chi connectivity index (χ0v) is 14.5. The number of ketones is 1. The summed E-state index contributed by atoms with van der Waals surface area (Å²) in [5.41, 5.74) is 3.16. The predicted octanol–water partition coefficient (Wildman–Crippen LogP) is 3.57. The number of fused-ring (bicyclic) bond motifs is 1. The van der Waals surface area contributed by atoms with Gasteiger partial charge in [-0.3, -0.25) is 14.6 Å². The van der Waals surface area contributed by atoms with Gasteiger partial charge in [-0.2, -0.15) is 0 Å². The Bertz CT molecular complexity index is 964. The monoisotopic (exact) mass is 348 g/mol. The number of anilines is 1. The average molecular weight is 348 g/mol. The molecular formula is C20H20N4O2. The maximum atomic E-state index is 12.6. The van der Waals surface area contributed by atoms with E-state index < -0.39 is 0 Å². The summed E-state index contributed by atoms with van der Waals surface area (Å²) in [6, 6.07) is 11.3. The number of carbonyl (C=O) groups excluding carboxylic acids is 2. The minimum absolute atomic E-state index is 0.0196. The Balaban J connectivity index is 1.54. The van der Waals surface area contributed by atoms with Crippen molar-refractivity contribution in [2.75, 3.05) is 5.32 Å². The highest BCUT2D eigenvalue weighted by Gasteiger charge is 2.31. The first-order valence-corrected chi connectivity index (χ1v) is 8.84. The Labute approximate surface area is 151 Å². The van der Waals surface area contributed by atoms with E-state index in [0.717, 1.165) is 22.4 Å². The van der Waals surface area contributed by atoms with Crippen LogP contribution in [0.4, 0.5) is 5.69 Å². The van der Waals surface area contributed by atoms with Crippen LogP contribution in [0.1, 0.15) is 26.2 Å². The van der Waals surface area contributed by atoms with E-state index in [2.05, 4.69) is 20.3 Å². The van der Waals surface area contributed by atoms with Crippen LogP contribution < -0.4 is 5.32 Å². The average Bonchev–Trinajstić information content (AvgIpc) is 3.05. The van der Waals surface area contributed by atoms with Crippen molar-refractivity contribution >= 4 is 28.4 Å². The standard InChI is InChI=1S/C20H20N4O2/c1-12-10-14(25)6-7-15(12)20(26)22-13-5-8-16-18(11-13)24-19(23-16)17-4-2-3-9-21-17/h2-5,8-9,11-12,15H,6-7,10H2,1H3,(H,22,26)(H,23,24). The Morgan fingerprint density at radius 1 is 1.27 bits per heavy atom. The molecule has 2 N–H and O–H groups in total. The number of pyridine rings is 1. The van der Waals surface area contributed by atoms with Crippen molar-refractivity contribution in [1.29, 1.82) is 0 Å². The highest BCUT2D eigenvalue weighted by molar-refractivity contribution is 5.96. The van der Waals surface area contributed by atoms with Crippen LogP contribution in [0.3, 0.4) is 0 Å². The lowest BCUT2D eigenvalue weighted by atomic mass is 9.79. The summed E-state index contributed by atoms with van der Waals surface area (Å²) in [5.74, 6) is 0.900. The molecule has 0 bridgehead atoms. The maximum Gasteiger partial charge on any atom is 0.227 e. The number of imidazole rings is 1. The molecule has 2 heterocycles. The molecule has 2 aromatic heterocycles. The topological polar surface area (TPSA) is 87.7 Å². The summed E-state index contributed by atoms with van der Waals surface area (Å²) in [6.45, 7) is 1.97. The zero-order chi connectivity index (χ0) is 18.1. The van der Waals surface area contributed by atoms with Crippen LogP contribution in [0.25, 0.3) is 22.6 Å². The van der Waals surface area contributed by atoms with Gasteiger partial charge in [0.15, 0.2) is 5.82 Å². The molecule has 1 saturated carbocycles. The lowest BCUT2D eigenvalue weighted by Crippen LogP contribution is -2.33. The van der Waals surface area contributed by atoms with E-state index in [4.69, 9.17) is 0 Å². The van der Waals surface area contributed by atoms with Gasteiger partial charge in [0.25, 0.3) is 0 Å². The number of carbonyl (C=O) groups is 2. The molecule has 132 valence electrons. The van der Waals surface area contributed by atoms with Gasteiger partial charge in [-0.1, -0.05) is 13.0 Å². The van der Waals surface area contributed by atoms with Gasteiger partial charge in [0, 0.05) is 30.6 Å². The fraction of sp³-hybridized carbons (Fsp3) is 0.300. The van der Waals surface area contributed by atoms with E-state index in [9.17, 15) is 9.59 Å². The molecule has 0 spiro atoms. The summed E-state index contributed by atoms with van der Waals surface area (Å²) in [6.07, 6.45) is 3.34. The van der Waals surface area contributed by atoms with Crippen molar-refractivity contribution in [3.63, 3.8) is 0 Å². The second-order valence-electron chi connectivity index (χ2n) is 6.89. The minimum Gasteiger partial charge on any atom is -0.337 e. The van der Waals surface area contributed by atoms with Gasteiger partial charge in [-0.05, 0) is 42.7 Å². The van der Waals surface area contributed by atoms with Crippen LogP contribution in [0.2, 0.25) is 0 Å². The number of benzene rings is 1. The highest BCUT2D eigenvalue weighted by atomic mass is 16.2. The van der Waals surface area contributed by atoms with Crippen LogP contribution in [0.5, 0.6) is 0 Å². The summed E-state index contributed by atoms with van der Waals surface area (Å²) in [5, 5.41) is 2.98. The van der Waals surface area contributed by atoms with Gasteiger partial charge >= 0.3 is 0 Å². The van der Waals surface area contributed by atoms with Crippen molar-refractivity contribution in [2.24, 2.45) is 11.8 Å². The van der Waals surface area contributed by atoms with E-state index in [1.54, 1.807) is 6.20 Å². The van der Waals surface area contributed by atoms with Crippen LogP contribution in [-0.2, 0) is 9.59 Å². The number of nitrogens with zero attached hydrogens (tertiary/aromatic N) is 2. The molecule has 4 rings (SSSR count). The lowest BCUT2D eigenvalue weighted by Gasteiger charge is -2.26. The Hall–Kier alpha value is -3.02. The third-order valence-electron chi connectivity index (χ3n) is 4.96. The number of H-pyrrole nitrogens is 1. The number of hydrogen-bond donors (Lipinski definition) is 2. The van der Waals surface area contributed by atoms with Crippen LogP contribution in [0, 0.1) is 11.8 Å².